The number of fused-ring (bicyclic) bond motifs is 1. The summed E-state index contributed by atoms with van der Waals surface area (Å²) in [6.07, 6.45) is 8.51. The number of hydrogen-bond acceptors (Lipinski definition) is 5. The molecule has 0 spiro atoms. The Hall–Kier alpha value is -1.69. The average molecular weight is 288 g/mol. The molecule has 0 aliphatic carbocycles. The fourth-order valence-electron chi connectivity index (χ4n) is 3.10. The monoisotopic (exact) mass is 288 g/mol. The molecule has 3 rings (SSSR count). The first-order valence-electron chi connectivity index (χ1n) is 7.90. The topological polar surface area (TPSA) is 58.9 Å². The zero-order valence-corrected chi connectivity index (χ0v) is 12.9. The van der Waals surface area contributed by atoms with Crippen LogP contribution in [0.3, 0.4) is 0 Å². The van der Waals surface area contributed by atoms with Crippen LogP contribution in [0.15, 0.2) is 12.5 Å². The Morgan fingerprint density at radius 3 is 3.05 bits per heavy atom. The zero-order valence-electron chi connectivity index (χ0n) is 12.9. The van der Waals surface area contributed by atoms with Crippen LogP contribution in [0.25, 0.3) is 11.0 Å². The Bertz CT molecular complexity index is 587. The van der Waals surface area contributed by atoms with Gasteiger partial charge in [-0.25, -0.2) is 9.97 Å². The molecule has 0 bridgehead atoms. The number of anilines is 1. The first kappa shape index (κ1) is 14.3. The molecule has 1 aliphatic rings. The molecular formula is C15H24N6. The summed E-state index contributed by atoms with van der Waals surface area (Å²) < 4.78 is 1.81. The normalized spacial score (nSPS) is 19.0. The van der Waals surface area contributed by atoms with Crippen LogP contribution in [-0.2, 0) is 7.05 Å². The van der Waals surface area contributed by atoms with E-state index in [0.717, 1.165) is 42.9 Å². The van der Waals surface area contributed by atoms with Gasteiger partial charge in [0.15, 0.2) is 5.65 Å². The number of nitrogens with one attached hydrogen (secondary N) is 1. The molecule has 1 N–H and O–H groups in total. The highest BCUT2D eigenvalue weighted by Gasteiger charge is 2.20. The van der Waals surface area contributed by atoms with E-state index in [1.165, 1.54) is 19.3 Å². The van der Waals surface area contributed by atoms with Gasteiger partial charge in [-0.2, -0.15) is 5.10 Å². The van der Waals surface area contributed by atoms with Crippen LogP contribution in [0.5, 0.6) is 0 Å². The molecule has 1 fully saturated rings. The van der Waals surface area contributed by atoms with Crippen molar-refractivity contribution in [1.82, 2.24) is 25.1 Å². The van der Waals surface area contributed by atoms with Gasteiger partial charge in [-0.3, -0.25) is 4.68 Å². The number of rotatable bonds is 5. The Kier molecular flexibility index (Phi) is 4.34. The summed E-state index contributed by atoms with van der Waals surface area (Å²) in [6, 6.07) is 0.562. The van der Waals surface area contributed by atoms with Gasteiger partial charge in [0, 0.05) is 26.2 Å². The van der Waals surface area contributed by atoms with E-state index in [2.05, 4.69) is 32.2 Å². The van der Waals surface area contributed by atoms with Crippen molar-refractivity contribution in [3.05, 3.63) is 12.5 Å². The van der Waals surface area contributed by atoms with E-state index in [9.17, 15) is 0 Å². The molecule has 0 saturated carbocycles. The molecule has 1 unspecified atom stereocenters. The average Bonchev–Trinajstić information content (AvgIpc) is 2.90. The maximum Gasteiger partial charge on any atom is 0.163 e. The van der Waals surface area contributed by atoms with Crippen LogP contribution < -0.4 is 10.2 Å². The van der Waals surface area contributed by atoms with E-state index in [4.69, 9.17) is 0 Å². The molecule has 1 aliphatic heterocycles. The van der Waals surface area contributed by atoms with Gasteiger partial charge in [0.05, 0.1) is 11.6 Å². The Morgan fingerprint density at radius 2 is 2.29 bits per heavy atom. The predicted octanol–water partition coefficient (Wildman–Crippen LogP) is 1.72. The number of aryl methyl sites for hydroxylation is 1. The van der Waals surface area contributed by atoms with Gasteiger partial charge < -0.3 is 10.2 Å². The van der Waals surface area contributed by atoms with Crippen LogP contribution in [0.2, 0.25) is 0 Å². The lowest BCUT2D eigenvalue weighted by atomic mass is 10.0. The first-order chi connectivity index (χ1) is 10.3. The lowest BCUT2D eigenvalue weighted by Gasteiger charge is -2.31. The third-order valence-electron chi connectivity index (χ3n) is 4.15. The smallest absolute Gasteiger partial charge is 0.163 e. The standard InChI is InChI=1S/C15H24N6/c1-3-8-21(10-12-6-4-5-7-16-12)15-13-9-19-20(2)14(13)17-11-18-15/h9,11-12,16H,3-8,10H2,1-2H3. The van der Waals surface area contributed by atoms with Crippen LogP contribution >= 0.6 is 0 Å². The molecule has 114 valence electrons. The van der Waals surface area contributed by atoms with Crippen molar-refractivity contribution < 1.29 is 0 Å². The van der Waals surface area contributed by atoms with E-state index in [0.29, 0.717) is 6.04 Å². The second-order valence-corrected chi connectivity index (χ2v) is 5.80. The Labute approximate surface area is 125 Å². The molecule has 2 aromatic heterocycles. The third kappa shape index (κ3) is 3.00. The number of aromatic nitrogens is 4. The molecule has 0 aromatic carbocycles. The molecule has 1 saturated heterocycles. The van der Waals surface area contributed by atoms with E-state index in [-0.39, 0.29) is 0 Å². The van der Waals surface area contributed by atoms with Gasteiger partial charge in [-0.1, -0.05) is 13.3 Å². The van der Waals surface area contributed by atoms with Crippen LogP contribution in [0, 0.1) is 0 Å². The SMILES string of the molecule is CCCN(CC1CCCCN1)c1ncnc2c1cnn2C. The summed E-state index contributed by atoms with van der Waals surface area (Å²) in [7, 11) is 1.92. The van der Waals surface area contributed by atoms with Crippen molar-refractivity contribution >= 4 is 16.9 Å². The summed E-state index contributed by atoms with van der Waals surface area (Å²) in [5.74, 6) is 1.02. The van der Waals surface area contributed by atoms with Crippen LogP contribution in [-0.4, -0.2) is 45.4 Å². The minimum absolute atomic E-state index is 0.562. The second kappa shape index (κ2) is 6.39. The highest BCUT2D eigenvalue weighted by Crippen LogP contribution is 2.23. The maximum atomic E-state index is 4.54. The van der Waals surface area contributed by atoms with Gasteiger partial charge in [-0.15, -0.1) is 0 Å². The van der Waals surface area contributed by atoms with E-state index in [1.54, 1.807) is 6.33 Å². The Morgan fingerprint density at radius 1 is 1.38 bits per heavy atom. The molecule has 1 atom stereocenters. The molecule has 0 amide bonds. The molecule has 6 nitrogen and oxygen atoms in total. The second-order valence-electron chi connectivity index (χ2n) is 5.80. The number of piperidine rings is 1. The summed E-state index contributed by atoms with van der Waals surface area (Å²) in [5, 5.41) is 8.99. The molecule has 21 heavy (non-hydrogen) atoms. The lowest BCUT2D eigenvalue weighted by Crippen LogP contribution is -2.44. The summed E-state index contributed by atoms with van der Waals surface area (Å²) in [4.78, 5) is 11.3. The molecule has 2 aromatic rings. The molecule has 3 heterocycles. The van der Waals surface area contributed by atoms with Gasteiger partial charge in [0.25, 0.3) is 0 Å². The van der Waals surface area contributed by atoms with Gasteiger partial charge in [0.2, 0.25) is 0 Å². The molecule has 0 radical (unpaired) electrons. The van der Waals surface area contributed by atoms with Crippen molar-refractivity contribution in [2.24, 2.45) is 7.05 Å². The zero-order chi connectivity index (χ0) is 14.7. The largest absolute Gasteiger partial charge is 0.354 e. The van der Waals surface area contributed by atoms with Crippen molar-refractivity contribution in [2.45, 2.75) is 38.6 Å². The number of hydrogen-bond donors (Lipinski definition) is 1. The van der Waals surface area contributed by atoms with Crippen molar-refractivity contribution in [3.63, 3.8) is 0 Å². The van der Waals surface area contributed by atoms with Crippen molar-refractivity contribution in [3.8, 4) is 0 Å². The van der Waals surface area contributed by atoms with Gasteiger partial charge in [-0.05, 0) is 25.8 Å². The fraction of sp³-hybridized carbons (Fsp3) is 0.667. The van der Waals surface area contributed by atoms with E-state index < -0.39 is 0 Å². The van der Waals surface area contributed by atoms with Crippen LogP contribution in [0.1, 0.15) is 32.6 Å². The summed E-state index contributed by atoms with van der Waals surface area (Å²) in [5.41, 5.74) is 0.901. The minimum atomic E-state index is 0.562. The summed E-state index contributed by atoms with van der Waals surface area (Å²) in [6.45, 7) is 5.37. The van der Waals surface area contributed by atoms with Gasteiger partial charge >= 0.3 is 0 Å². The summed E-state index contributed by atoms with van der Waals surface area (Å²) >= 11 is 0. The van der Waals surface area contributed by atoms with Crippen LogP contribution in [0.4, 0.5) is 5.82 Å². The lowest BCUT2D eigenvalue weighted by molar-refractivity contribution is 0.398. The predicted molar refractivity (Wildman–Crippen MR) is 84.4 cm³/mol. The maximum absolute atomic E-state index is 4.54. The Balaban J connectivity index is 1.87. The first-order valence-corrected chi connectivity index (χ1v) is 7.90. The quantitative estimate of drug-likeness (QED) is 0.908. The van der Waals surface area contributed by atoms with Crippen molar-refractivity contribution in [1.29, 1.82) is 0 Å². The third-order valence-corrected chi connectivity index (χ3v) is 4.15. The number of nitrogens with zero attached hydrogens (tertiary/aromatic N) is 5. The van der Waals surface area contributed by atoms with E-state index >= 15 is 0 Å². The van der Waals surface area contributed by atoms with Gasteiger partial charge in [0.1, 0.15) is 12.1 Å². The van der Waals surface area contributed by atoms with Crippen molar-refractivity contribution in [2.75, 3.05) is 24.5 Å². The molecule has 6 heteroatoms. The fourth-order valence-corrected chi connectivity index (χ4v) is 3.10. The highest BCUT2D eigenvalue weighted by atomic mass is 15.3. The van der Waals surface area contributed by atoms with E-state index in [1.807, 2.05) is 17.9 Å². The minimum Gasteiger partial charge on any atom is -0.354 e. The highest BCUT2D eigenvalue weighted by molar-refractivity contribution is 5.86. The molecular weight excluding hydrogens is 264 g/mol.